The maximum absolute atomic E-state index is 13.2. The Labute approximate surface area is 92.3 Å². The first kappa shape index (κ1) is 8.77. The Kier molecular flexibility index (Phi) is 2.31. The Bertz CT molecular complexity index is 397. The average molecular weight is 310 g/mol. The van der Waals surface area contributed by atoms with Crippen molar-refractivity contribution >= 4 is 56.6 Å². The molecule has 0 aliphatic heterocycles. The van der Waals surface area contributed by atoms with Gasteiger partial charge in [-0.1, -0.05) is 0 Å². The summed E-state index contributed by atoms with van der Waals surface area (Å²) in [6.07, 6.45) is 0. The number of benzene rings is 1. The molecule has 0 atom stereocenters. The Morgan fingerprint density at radius 3 is 2.83 bits per heavy atom. The molecule has 1 aromatic heterocycles. The fraction of sp³-hybridized carbons (Fsp3) is 0. The first-order valence-electron chi connectivity index (χ1n) is 3.25. The van der Waals surface area contributed by atoms with Gasteiger partial charge in [-0.05, 0) is 40.8 Å². The van der Waals surface area contributed by atoms with Gasteiger partial charge in [0.1, 0.15) is 5.82 Å². The first-order chi connectivity index (χ1) is 5.68. The molecule has 0 aliphatic rings. The molecule has 0 saturated carbocycles. The fourth-order valence-corrected chi connectivity index (χ4v) is 3.16. The van der Waals surface area contributed by atoms with E-state index in [0.717, 1.165) is 13.2 Å². The number of hydrogen-bond donors (Lipinski definition) is 1. The van der Waals surface area contributed by atoms with Crippen LogP contribution in [0.4, 0.5) is 4.39 Å². The van der Waals surface area contributed by atoms with E-state index in [1.54, 1.807) is 6.07 Å². The average Bonchev–Trinajstić information content (AvgIpc) is 2.41. The largest absolute Gasteiger partial charge is 0.205 e. The van der Waals surface area contributed by atoms with E-state index in [4.69, 9.17) is 0 Å². The third-order valence-corrected chi connectivity index (χ3v) is 3.88. The molecule has 1 heterocycles. The molecule has 0 saturated heterocycles. The lowest BCUT2D eigenvalue weighted by Crippen LogP contribution is -1.73. The van der Waals surface area contributed by atoms with Crippen LogP contribution in [0.5, 0.6) is 0 Å². The van der Waals surface area contributed by atoms with Crippen molar-refractivity contribution in [2.45, 2.75) is 4.90 Å². The lowest BCUT2D eigenvalue weighted by molar-refractivity contribution is 0.641. The Morgan fingerprint density at radius 2 is 2.17 bits per heavy atom. The van der Waals surface area contributed by atoms with Gasteiger partial charge in [0, 0.05) is 10.3 Å². The van der Waals surface area contributed by atoms with Gasteiger partial charge in [-0.3, -0.25) is 0 Å². The third kappa shape index (κ3) is 1.36. The van der Waals surface area contributed by atoms with Gasteiger partial charge in [-0.2, -0.15) is 0 Å². The summed E-state index contributed by atoms with van der Waals surface area (Å²) in [5.41, 5.74) is 0. The van der Waals surface area contributed by atoms with Gasteiger partial charge in [0.25, 0.3) is 0 Å². The number of rotatable bonds is 0. The van der Waals surface area contributed by atoms with E-state index in [2.05, 4.69) is 35.2 Å². The van der Waals surface area contributed by atoms with Gasteiger partial charge in [0.15, 0.2) is 0 Å². The fourth-order valence-electron chi connectivity index (χ4n) is 1.05. The van der Waals surface area contributed by atoms with Crippen molar-refractivity contribution in [1.29, 1.82) is 0 Å². The monoisotopic (exact) mass is 310 g/mol. The van der Waals surface area contributed by atoms with E-state index in [-0.39, 0.29) is 5.82 Å². The summed E-state index contributed by atoms with van der Waals surface area (Å²) in [7, 11) is 0. The predicted molar refractivity (Wildman–Crippen MR) is 61.8 cm³/mol. The van der Waals surface area contributed by atoms with Crippen LogP contribution < -0.4 is 0 Å². The van der Waals surface area contributed by atoms with Crippen molar-refractivity contribution in [1.82, 2.24) is 0 Å². The zero-order chi connectivity index (χ0) is 8.72. The van der Waals surface area contributed by atoms with E-state index < -0.39 is 0 Å². The number of fused-ring (bicyclic) bond motifs is 1. The van der Waals surface area contributed by atoms with Crippen molar-refractivity contribution in [2.24, 2.45) is 0 Å². The van der Waals surface area contributed by atoms with Crippen molar-refractivity contribution in [3.8, 4) is 0 Å². The summed E-state index contributed by atoms with van der Waals surface area (Å²) < 4.78 is 14.9. The van der Waals surface area contributed by atoms with Gasteiger partial charge in [0.05, 0.1) is 7.58 Å². The Hall–Kier alpha value is 0.190. The molecule has 0 spiro atoms. The molecular formula is C8H4FIS2. The van der Waals surface area contributed by atoms with Crippen LogP contribution in [0.2, 0.25) is 0 Å². The quantitative estimate of drug-likeness (QED) is 0.553. The molecule has 0 nitrogen and oxygen atoms in total. The number of halogens is 2. The van der Waals surface area contributed by atoms with Crippen LogP contribution in [-0.4, -0.2) is 0 Å². The lowest BCUT2D eigenvalue weighted by atomic mass is 10.2. The van der Waals surface area contributed by atoms with Crippen molar-refractivity contribution in [2.75, 3.05) is 0 Å². The molecule has 0 N–H and O–H groups in total. The van der Waals surface area contributed by atoms with Crippen LogP contribution in [0.25, 0.3) is 10.1 Å². The molecule has 1 aromatic carbocycles. The van der Waals surface area contributed by atoms with Crippen molar-refractivity contribution in [3.63, 3.8) is 0 Å². The van der Waals surface area contributed by atoms with Gasteiger partial charge in [-0.15, -0.1) is 24.0 Å². The molecular weight excluding hydrogens is 306 g/mol. The van der Waals surface area contributed by atoms with Gasteiger partial charge in [-0.25, -0.2) is 4.39 Å². The van der Waals surface area contributed by atoms with Gasteiger partial charge in [0.2, 0.25) is 0 Å². The van der Waals surface area contributed by atoms with E-state index >= 15 is 0 Å². The minimum absolute atomic E-state index is 0.157. The summed E-state index contributed by atoms with van der Waals surface area (Å²) in [6, 6.07) is 5.09. The molecule has 2 rings (SSSR count). The van der Waals surface area contributed by atoms with E-state index in [0.29, 0.717) is 4.70 Å². The number of thiol groups is 1. The number of thiophene rings is 1. The highest BCUT2D eigenvalue weighted by molar-refractivity contribution is 14.1. The second-order valence-electron chi connectivity index (χ2n) is 2.36. The second-order valence-corrected chi connectivity index (χ2v) is 5.79. The standard InChI is InChI=1S/C8H4FIS2/c9-5-1-2-6(11)4-3-7(10)12-8(4)5/h1-3,11H. The first-order valence-corrected chi connectivity index (χ1v) is 5.59. The second kappa shape index (κ2) is 3.16. The molecule has 2 aromatic rings. The summed E-state index contributed by atoms with van der Waals surface area (Å²) in [5.74, 6) is -0.157. The Balaban J connectivity index is 2.93. The molecule has 62 valence electrons. The Morgan fingerprint density at radius 1 is 1.42 bits per heavy atom. The molecule has 12 heavy (non-hydrogen) atoms. The molecule has 0 aliphatic carbocycles. The summed E-state index contributed by atoms with van der Waals surface area (Å²) in [5, 5.41) is 0.910. The van der Waals surface area contributed by atoms with Crippen LogP contribution in [0, 0.1) is 8.70 Å². The smallest absolute Gasteiger partial charge is 0.141 e. The van der Waals surface area contributed by atoms with Crippen molar-refractivity contribution in [3.05, 3.63) is 26.9 Å². The lowest BCUT2D eigenvalue weighted by Gasteiger charge is -1.94. The van der Waals surface area contributed by atoms with Crippen LogP contribution >= 0.6 is 46.6 Å². The van der Waals surface area contributed by atoms with Gasteiger partial charge >= 0.3 is 0 Å². The predicted octanol–water partition coefficient (Wildman–Crippen LogP) is 3.93. The molecule has 0 unspecified atom stereocenters. The number of hydrogen-bond acceptors (Lipinski definition) is 2. The highest BCUT2D eigenvalue weighted by Gasteiger charge is 2.06. The molecule has 0 radical (unpaired) electrons. The van der Waals surface area contributed by atoms with Crippen LogP contribution in [-0.2, 0) is 0 Å². The minimum atomic E-state index is -0.157. The van der Waals surface area contributed by atoms with E-state index in [1.165, 1.54) is 17.4 Å². The zero-order valence-electron chi connectivity index (χ0n) is 5.84. The maximum Gasteiger partial charge on any atom is 0.141 e. The highest BCUT2D eigenvalue weighted by atomic mass is 127. The minimum Gasteiger partial charge on any atom is -0.205 e. The molecule has 0 bridgehead atoms. The summed E-state index contributed by atoms with van der Waals surface area (Å²) >= 11 is 7.89. The normalized spacial score (nSPS) is 10.9. The summed E-state index contributed by atoms with van der Waals surface area (Å²) in [6.45, 7) is 0. The highest BCUT2D eigenvalue weighted by Crippen LogP contribution is 2.32. The van der Waals surface area contributed by atoms with Gasteiger partial charge < -0.3 is 0 Å². The molecule has 0 amide bonds. The zero-order valence-corrected chi connectivity index (χ0v) is 9.71. The van der Waals surface area contributed by atoms with Crippen molar-refractivity contribution < 1.29 is 4.39 Å². The maximum atomic E-state index is 13.2. The molecule has 0 fully saturated rings. The van der Waals surface area contributed by atoms with Crippen LogP contribution in [0.15, 0.2) is 23.1 Å². The van der Waals surface area contributed by atoms with E-state index in [9.17, 15) is 4.39 Å². The van der Waals surface area contributed by atoms with Crippen LogP contribution in [0.1, 0.15) is 0 Å². The summed E-state index contributed by atoms with van der Waals surface area (Å²) in [4.78, 5) is 0.838. The van der Waals surface area contributed by atoms with E-state index in [1.807, 2.05) is 6.07 Å². The van der Waals surface area contributed by atoms with Crippen LogP contribution in [0.3, 0.4) is 0 Å². The molecule has 4 heteroatoms. The SMILES string of the molecule is Fc1ccc(S)c2cc(I)sc12. The topological polar surface area (TPSA) is 0 Å². The third-order valence-electron chi connectivity index (χ3n) is 1.58.